The molecule has 0 spiro atoms. The second-order valence-corrected chi connectivity index (χ2v) is 7.14. The van der Waals surface area contributed by atoms with E-state index in [2.05, 4.69) is 16.0 Å². The maximum atomic E-state index is 12.8. The lowest BCUT2D eigenvalue weighted by molar-refractivity contribution is -0.147. The van der Waals surface area contributed by atoms with Crippen LogP contribution in [0.5, 0.6) is 5.75 Å². The summed E-state index contributed by atoms with van der Waals surface area (Å²) in [6, 6.07) is 3.18. The minimum atomic E-state index is -0.942. The van der Waals surface area contributed by atoms with Gasteiger partial charge in [0.15, 0.2) is 6.04 Å². The summed E-state index contributed by atoms with van der Waals surface area (Å²) in [5.74, 6) is -0.695. The number of esters is 1. The number of carbonyl (C=O) groups excluding carboxylic acids is 3. The number of likely N-dealkylation sites (N-methyl/N-ethyl adjacent to an activating group) is 1. The molecule has 2 amide bonds. The van der Waals surface area contributed by atoms with Gasteiger partial charge in [0.2, 0.25) is 11.8 Å². The zero-order valence-electron chi connectivity index (χ0n) is 17.9. The fourth-order valence-corrected chi connectivity index (χ4v) is 3.31. The van der Waals surface area contributed by atoms with Crippen LogP contribution in [0.15, 0.2) is 18.2 Å². The first kappa shape index (κ1) is 23.6. The van der Waals surface area contributed by atoms with Gasteiger partial charge in [0.05, 0.1) is 20.8 Å². The number of fused-ring (bicyclic) bond motifs is 2. The number of amides is 2. The van der Waals surface area contributed by atoms with Gasteiger partial charge in [-0.1, -0.05) is 12.1 Å². The average Bonchev–Trinajstić information content (AvgIpc) is 2.74. The number of carbonyl (C=O) groups is 3. The molecule has 1 heterocycles. The fraction of sp³-hybridized carbons (Fsp3) is 0.571. The molecule has 2 bridgehead atoms. The Morgan fingerprint density at radius 2 is 1.93 bits per heavy atom. The number of hydrogen-bond donors (Lipinski definition) is 3. The third kappa shape index (κ3) is 6.17. The van der Waals surface area contributed by atoms with Crippen LogP contribution < -0.4 is 20.7 Å². The van der Waals surface area contributed by atoms with Gasteiger partial charge in [0, 0.05) is 6.61 Å². The molecule has 1 aliphatic rings. The van der Waals surface area contributed by atoms with Gasteiger partial charge in [-0.05, 0) is 50.4 Å². The van der Waals surface area contributed by atoms with Crippen molar-refractivity contribution in [3.8, 4) is 5.75 Å². The Morgan fingerprint density at radius 1 is 1.17 bits per heavy atom. The molecule has 3 unspecified atom stereocenters. The van der Waals surface area contributed by atoms with Crippen molar-refractivity contribution in [2.45, 2.75) is 44.3 Å². The predicted molar refractivity (Wildman–Crippen MR) is 110 cm³/mol. The van der Waals surface area contributed by atoms with Crippen LogP contribution in [-0.2, 0) is 30.3 Å². The van der Waals surface area contributed by atoms with Crippen LogP contribution in [0.3, 0.4) is 0 Å². The van der Waals surface area contributed by atoms with Crippen molar-refractivity contribution in [1.82, 2.24) is 16.0 Å². The highest BCUT2D eigenvalue weighted by Crippen LogP contribution is 2.25. The van der Waals surface area contributed by atoms with E-state index in [0.29, 0.717) is 6.61 Å². The van der Waals surface area contributed by atoms with Crippen LogP contribution in [0.25, 0.3) is 0 Å². The molecule has 3 N–H and O–H groups in total. The molecule has 0 fully saturated rings. The van der Waals surface area contributed by atoms with E-state index in [0.717, 1.165) is 36.1 Å². The van der Waals surface area contributed by atoms with Gasteiger partial charge in [0.1, 0.15) is 17.8 Å². The van der Waals surface area contributed by atoms with Crippen molar-refractivity contribution in [3.05, 3.63) is 29.3 Å². The molecule has 3 atom stereocenters. The van der Waals surface area contributed by atoms with Crippen LogP contribution in [0.4, 0.5) is 0 Å². The first-order valence-corrected chi connectivity index (χ1v) is 10.0. The zero-order valence-corrected chi connectivity index (χ0v) is 17.9. The van der Waals surface area contributed by atoms with E-state index in [1.54, 1.807) is 21.1 Å². The monoisotopic (exact) mass is 421 g/mol. The van der Waals surface area contributed by atoms with Gasteiger partial charge in [-0.2, -0.15) is 0 Å². The Balaban J connectivity index is 2.29. The van der Waals surface area contributed by atoms with Gasteiger partial charge < -0.3 is 30.2 Å². The standard InChI is InChI=1S/C21H31N3O6/c1-13-19(25)24-16(21(27)29-4)12-30-10-6-5-7-14-11-15(8-9-17(14)28-3)18(22-2)20(26)23-13/h8-9,11,13,16,18,22H,5-7,10,12H2,1-4H3,(H,23,26)(H,24,25). The summed E-state index contributed by atoms with van der Waals surface area (Å²) >= 11 is 0. The molecule has 1 aromatic rings. The van der Waals surface area contributed by atoms with E-state index in [1.165, 1.54) is 7.11 Å². The number of benzene rings is 1. The van der Waals surface area contributed by atoms with Crippen LogP contribution in [0.1, 0.15) is 36.9 Å². The first-order valence-electron chi connectivity index (χ1n) is 10.0. The normalized spacial score (nSPS) is 23.8. The summed E-state index contributed by atoms with van der Waals surface area (Å²) in [7, 11) is 4.54. The maximum absolute atomic E-state index is 12.8. The van der Waals surface area contributed by atoms with Crippen LogP contribution in [0, 0.1) is 0 Å². The summed E-state index contributed by atoms with van der Waals surface area (Å²) in [6.45, 7) is 1.99. The number of methoxy groups -OCH3 is 2. The Labute approximate surface area is 176 Å². The van der Waals surface area contributed by atoms with Crippen LogP contribution in [0.2, 0.25) is 0 Å². The maximum Gasteiger partial charge on any atom is 0.330 e. The number of aryl methyl sites for hydroxylation is 1. The van der Waals surface area contributed by atoms with Gasteiger partial charge >= 0.3 is 5.97 Å². The summed E-state index contributed by atoms with van der Waals surface area (Å²) < 4.78 is 15.8. The summed E-state index contributed by atoms with van der Waals surface area (Å²) in [6.07, 6.45) is 2.36. The smallest absolute Gasteiger partial charge is 0.330 e. The predicted octanol–water partition coefficient (Wildman–Crippen LogP) is 0.471. The molecule has 2 rings (SSSR count). The van der Waals surface area contributed by atoms with Crippen molar-refractivity contribution in [2.75, 3.05) is 34.5 Å². The first-order chi connectivity index (χ1) is 14.4. The Morgan fingerprint density at radius 3 is 2.60 bits per heavy atom. The summed E-state index contributed by atoms with van der Waals surface area (Å²) in [5, 5.41) is 8.27. The van der Waals surface area contributed by atoms with Crippen molar-refractivity contribution in [3.63, 3.8) is 0 Å². The highest BCUT2D eigenvalue weighted by Gasteiger charge is 2.28. The van der Waals surface area contributed by atoms with Crippen LogP contribution in [-0.4, -0.2) is 64.3 Å². The minimum Gasteiger partial charge on any atom is -0.496 e. The largest absolute Gasteiger partial charge is 0.496 e. The van der Waals surface area contributed by atoms with Gasteiger partial charge in [0.25, 0.3) is 0 Å². The van der Waals surface area contributed by atoms with E-state index in [4.69, 9.17) is 14.2 Å². The lowest BCUT2D eigenvalue weighted by atomic mass is 9.99. The fourth-order valence-electron chi connectivity index (χ4n) is 3.31. The molecule has 0 aromatic heterocycles. The molecule has 166 valence electrons. The minimum absolute atomic E-state index is 0.00295. The van der Waals surface area contributed by atoms with E-state index in [1.807, 2.05) is 18.2 Å². The molecule has 0 saturated carbocycles. The molecule has 0 radical (unpaired) electrons. The summed E-state index contributed by atoms with van der Waals surface area (Å²) in [4.78, 5) is 37.3. The summed E-state index contributed by atoms with van der Waals surface area (Å²) in [5.41, 5.74) is 1.77. The number of nitrogens with one attached hydrogen (secondary N) is 3. The molecule has 0 aliphatic carbocycles. The number of hydrogen-bond acceptors (Lipinski definition) is 7. The number of ether oxygens (including phenoxy) is 3. The second-order valence-electron chi connectivity index (χ2n) is 7.14. The molecule has 9 heteroatoms. The highest BCUT2D eigenvalue weighted by molar-refractivity contribution is 5.92. The van der Waals surface area contributed by atoms with Crippen molar-refractivity contribution < 1.29 is 28.6 Å². The topological polar surface area (TPSA) is 115 Å². The van der Waals surface area contributed by atoms with Gasteiger partial charge in [-0.25, -0.2) is 4.79 Å². The third-order valence-corrected chi connectivity index (χ3v) is 5.01. The van der Waals surface area contributed by atoms with E-state index >= 15 is 0 Å². The molecule has 1 aromatic carbocycles. The average molecular weight is 421 g/mol. The lowest BCUT2D eigenvalue weighted by Gasteiger charge is -2.23. The van der Waals surface area contributed by atoms with Crippen molar-refractivity contribution in [2.24, 2.45) is 0 Å². The highest BCUT2D eigenvalue weighted by atomic mass is 16.5. The molecule has 9 nitrogen and oxygen atoms in total. The Hall–Kier alpha value is -2.65. The number of rotatable bonds is 3. The van der Waals surface area contributed by atoms with Crippen LogP contribution >= 0.6 is 0 Å². The lowest BCUT2D eigenvalue weighted by Crippen LogP contribution is -2.53. The molecule has 0 saturated heterocycles. The van der Waals surface area contributed by atoms with Gasteiger partial charge in [-0.15, -0.1) is 0 Å². The third-order valence-electron chi connectivity index (χ3n) is 5.01. The van der Waals surface area contributed by atoms with Crippen molar-refractivity contribution >= 4 is 17.8 Å². The molecular formula is C21H31N3O6. The molecular weight excluding hydrogens is 390 g/mol. The second kappa shape index (κ2) is 11.5. The van der Waals surface area contributed by atoms with E-state index in [9.17, 15) is 14.4 Å². The molecule has 30 heavy (non-hydrogen) atoms. The zero-order chi connectivity index (χ0) is 22.1. The molecule has 1 aliphatic heterocycles. The Bertz CT molecular complexity index is 754. The van der Waals surface area contributed by atoms with E-state index < -0.39 is 30.0 Å². The quantitative estimate of drug-likeness (QED) is 0.608. The van der Waals surface area contributed by atoms with Crippen molar-refractivity contribution in [1.29, 1.82) is 0 Å². The van der Waals surface area contributed by atoms with E-state index in [-0.39, 0.29) is 12.5 Å². The SMILES string of the molecule is CNC1C(=O)NC(C)C(=O)NC(C(=O)OC)COCCCCc2cc1ccc2OC. The Kier molecular flexibility index (Phi) is 9.07. The van der Waals surface area contributed by atoms with Gasteiger partial charge in [-0.3, -0.25) is 9.59 Å².